The van der Waals surface area contributed by atoms with Gasteiger partial charge in [-0.2, -0.15) is 0 Å². The summed E-state index contributed by atoms with van der Waals surface area (Å²) in [5.74, 6) is -0.0709. The summed E-state index contributed by atoms with van der Waals surface area (Å²) in [6.45, 7) is 2.32. The van der Waals surface area contributed by atoms with Crippen molar-refractivity contribution in [1.82, 2.24) is 4.90 Å². The zero-order chi connectivity index (χ0) is 21.0. The predicted molar refractivity (Wildman–Crippen MR) is 120 cm³/mol. The molecule has 0 aromatic heterocycles. The van der Waals surface area contributed by atoms with Crippen molar-refractivity contribution in [2.24, 2.45) is 5.92 Å². The van der Waals surface area contributed by atoms with E-state index >= 15 is 0 Å². The van der Waals surface area contributed by atoms with Crippen LogP contribution in [0, 0.1) is 5.92 Å². The lowest BCUT2D eigenvalue weighted by Gasteiger charge is -2.42. The van der Waals surface area contributed by atoms with E-state index in [0.29, 0.717) is 39.1 Å². The minimum absolute atomic E-state index is 0.0108. The van der Waals surface area contributed by atoms with Crippen molar-refractivity contribution in [2.45, 2.75) is 31.1 Å². The van der Waals surface area contributed by atoms with Crippen molar-refractivity contribution in [3.8, 4) is 0 Å². The van der Waals surface area contributed by atoms with E-state index in [1.54, 1.807) is 0 Å². The highest BCUT2D eigenvalue weighted by Gasteiger charge is 2.45. The van der Waals surface area contributed by atoms with E-state index in [4.69, 9.17) is 4.74 Å². The number of rotatable bonds is 4. The molecule has 2 saturated heterocycles. The highest BCUT2D eigenvalue weighted by Crippen LogP contribution is 2.38. The molecule has 2 amide bonds. The molecule has 30 heavy (non-hydrogen) atoms. The molecular weight excluding hydrogens is 444 g/mol. The third-order valence-electron chi connectivity index (χ3n) is 6.27. The number of benzene rings is 2. The Balaban J connectivity index is 1.51. The molecule has 0 saturated carbocycles. The molecule has 6 heteroatoms. The van der Waals surface area contributed by atoms with Crippen LogP contribution in [0.15, 0.2) is 59.1 Å². The molecular formula is C24H27BrN2O3. The van der Waals surface area contributed by atoms with Crippen LogP contribution in [0.1, 0.15) is 31.2 Å². The van der Waals surface area contributed by atoms with Gasteiger partial charge < -0.3 is 15.0 Å². The third-order valence-corrected chi connectivity index (χ3v) is 6.80. The summed E-state index contributed by atoms with van der Waals surface area (Å²) in [4.78, 5) is 28.5. The fourth-order valence-electron chi connectivity index (χ4n) is 4.56. The maximum atomic E-state index is 13.8. The number of anilines is 1. The molecule has 2 fully saturated rings. The first-order chi connectivity index (χ1) is 14.6. The Kier molecular flexibility index (Phi) is 6.54. The van der Waals surface area contributed by atoms with E-state index in [2.05, 4.69) is 21.2 Å². The molecule has 2 aromatic rings. The third kappa shape index (κ3) is 4.44. The normalized spacial score (nSPS) is 21.1. The van der Waals surface area contributed by atoms with Crippen molar-refractivity contribution in [3.63, 3.8) is 0 Å². The number of carbonyl (C=O) groups excluding carboxylic acids is 2. The summed E-state index contributed by atoms with van der Waals surface area (Å²) < 4.78 is 6.59. The molecule has 0 bridgehead atoms. The van der Waals surface area contributed by atoms with Crippen LogP contribution in [0.4, 0.5) is 5.69 Å². The number of carbonyl (C=O) groups is 2. The van der Waals surface area contributed by atoms with Gasteiger partial charge in [0.15, 0.2) is 0 Å². The molecule has 2 aliphatic rings. The van der Waals surface area contributed by atoms with Gasteiger partial charge in [-0.15, -0.1) is 0 Å². The van der Waals surface area contributed by atoms with Crippen LogP contribution < -0.4 is 5.32 Å². The summed E-state index contributed by atoms with van der Waals surface area (Å²) in [5.41, 5.74) is 1.26. The van der Waals surface area contributed by atoms with Gasteiger partial charge in [0.05, 0.1) is 11.3 Å². The second-order valence-electron chi connectivity index (χ2n) is 8.15. The van der Waals surface area contributed by atoms with E-state index in [1.807, 2.05) is 59.5 Å². The number of piperidine rings is 1. The molecule has 5 nitrogen and oxygen atoms in total. The van der Waals surface area contributed by atoms with Crippen molar-refractivity contribution in [3.05, 3.63) is 64.6 Å². The van der Waals surface area contributed by atoms with E-state index in [-0.39, 0.29) is 17.7 Å². The maximum Gasteiger partial charge on any atom is 0.233 e. The summed E-state index contributed by atoms with van der Waals surface area (Å²) in [6.07, 6.45) is 2.98. The summed E-state index contributed by atoms with van der Waals surface area (Å²) in [7, 11) is 0. The highest BCUT2D eigenvalue weighted by molar-refractivity contribution is 9.10. The van der Waals surface area contributed by atoms with Crippen LogP contribution in [0.25, 0.3) is 0 Å². The fraction of sp³-hybridized carbons (Fsp3) is 0.417. The molecule has 1 atom stereocenters. The number of halogens is 1. The molecule has 2 aromatic carbocycles. The standard InChI is InChI=1S/C24H27BrN2O3/c25-20-10-8-19(9-11-20)24(12-15-30-16-13-24)23(29)27-14-4-5-18(17-27)22(28)26-21-6-2-1-3-7-21/h1-3,6-11,18H,4-5,12-17H2,(H,26,28). The Hall–Kier alpha value is -2.18. The SMILES string of the molecule is O=C(Nc1ccccc1)C1CCCN(C(=O)C2(c3ccc(Br)cc3)CCOCC2)C1. The second-order valence-corrected chi connectivity index (χ2v) is 9.06. The number of nitrogens with one attached hydrogen (secondary N) is 1. The molecule has 1 unspecified atom stereocenters. The average molecular weight is 471 g/mol. The Morgan fingerprint density at radius 3 is 2.43 bits per heavy atom. The van der Waals surface area contributed by atoms with Gasteiger partial charge in [-0.05, 0) is 55.5 Å². The average Bonchev–Trinajstić information content (AvgIpc) is 2.80. The Morgan fingerprint density at radius 1 is 1.03 bits per heavy atom. The molecule has 4 rings (SSSR count). The maximum absolute atomic E-state index is 13.8. The van der Waals surface area contributed by atoms with E-state index < -0.39 is 5.41 Å². The van der Waals surface area contributed by atoms with Gasteiger partial charge in [-0.1, -0.05) is 46.3 Å². The first-order valence-electron chi connectivity index (χ1n) is 10.6. The summed E-state index contributed by atoms with van der Waals surface area (Å²) in [6, 6.07) is 17.6. The summed E-state index contributed by atoms with van der Waals surface area (Å²) in [5, 5.41) is 3.00. The first-order valence-corrected chi connectivity index (χ1v) is 11.4. The lowest BCUT2D eigenvalue weighted by Crippen LogP contribution is -2.53. The van der Waals surface area contributed by atoms with Gasteiger partial charge in [0.2, 0.25) is 11.8 Å². The molecule has 158 valence electrons. The quantitative estimate of drug-likeness (QED) is 0.721. The minimum atomic E-state index is -0.573. The molecule has 0 radical (unpaired) electrons. The van der Waals surface area contributed by atoms with Crippen LogP contribution in [-0.2, 0) is 19.7 Å². The highest BCUT2D eigenvalue weighted by atomic mass is 79.9. The molecule has 0 spiro atoms. The Morgan fingerprint density at radius 2 is 1.73 bits per heavy atom. The van der Waals surface area contributed by atoms with Gasteiger partial charge in [0, 0.05) is 36.5 Å². The molecule has 0 aliphatic carbocycles. The van der Waals surface area contributed by atoms with Crippen molar-refractivity contribution in [1.29, 1.82) is 0 Å². The number of likely N-dealkylation sites (tertiary alicyclic amines) is 1. The first kappa shape index (κ1) is 21.1. The van der Waals surface area contributed by atoms with Crippen LogP contribution in [0.5, 0.6) is 0 Å². The minimum Gasteiger partial charge on any atom is -0.381 e. The van der Waals surface area contributed by atoms with Gasteiger partial charge in [0.1, 0.15) is 0 Å². The second kappa shape index (κ2) is 9.31. The fourth-order valence-corrected chi connectivity index (χ4v) is 4.82. The van der Waals surface area contributed by atoms with Gasteiger partial charge in [-0.25, -0.2) is 0 Å². The van der Waals surface area contributed by atoms with Crippen molar-refractivity contribution in [2.75, 3.05) is 31.6 Å². The zero-order valence-corrected chi connectivity index (χ0v) is 18.6. The Bertz CT molecular complexity index is 879. The molecule has 2 heterocycles. The van der Waals surface area contributed by atoms with Crippen LogP contribution in [-0.4, -0.2) is 43.0 Å². The lowest BCUT2D eigenvalue weighted by atomic mass is 9.72. The van der Waals surface area contributed by atoms with Gasteiger partial charge in [-0.3, -0.25) is 9.59 Å². The molecule has 1 N–H and O–H groups in total. The summed E-state index contributed by atoms with van der Waals surface area (Å²) >= 11 is 3.49. The van der Waals surface area contributed by atoms with E-state index in [0.717, 1.165) is 28.6 Å². The smallest absolute Gasteiger partial charge is 0.233 e. The number of hydrogen-bond donors (Lipinski definition) is 1. The topological polar surface area (TPSA) is 58.6 Å². The van der Waals surface area contributed by atoms with Crippen molar-refractivity contribution >= 4 is 33.4 Å². The van der Waals surface area contributed by atoms with E-state index in [1.165, 1.54) is 0 Å². The number of amides is 2. The lowest BCUT2D eigenvalue weighted by molar-refractivity contribution is -0.144. The Labute approximate surface area is 185 Å². The number of nitrogens with zero attached hydrogens (tertiary/aromatic N) is 1. The largest absolute Gasteiger partial charge is 0.381 e. The predicted octanol–water partition coefficient (Wildman–Crippen LogP) is 4.37. The number of para-hydroxylation sites is 1. The monoisotopic (exact) mass is 470 g/mol. The van der Waals surface area contributed by atoms with Crippen LogP contribution in [0.2, 0.25) is 0 Å². The number of ether oxygens (including phenoxy) is 1. The van der Waals surface area contributed by atoms with E-state index in [9.17, 15) is 9.59 Å². The van der Waals surface area contributed by atoms with Crippen molar-refractivity contribution < 1.29 is 14.3 Å². The number of hydrogen-bond acceptors (Lipinski definition) is 3. The van der Waals surface area contributed by atoms with Gasteiger partial charge in [0.25, 0.3) is 0 Å². The van der Waals surface area contributed by atoms with Crippen LogP contribution in [0.3, 0.4) is 0 Å². The zero-order valence-electron chi connectivity index (χ0n) is 17.0. The van der Waals surface area contributed by atoms with Crippen LogP contribution >= 0.6 is 15.9 Å². The van der Waals surface area contributed by atoms with Gasteiger partial charge >= 0.3 is 0 Å². The molecule has 2 aliphatic heterocycles.